The van der Waals surface area contributed by atoms with Crippen LogP contribution in [0.15, 0.2) is 17.1 Å². The van der Waals surface area contributed by atoms with E-state index in [4.69, 9.17) is 19.7 Å². The van der Waals surface area contributed by atoms with Crippen molar-refractivity contribution in [2.45, 2.75) is 24.4 Å². The van der Waals surface area contributed by atoms with Gasteiger partial charge in [0.1, 0.15) is 12.2 Å². The number of rotatable bonds is 3. The molecule has 1 fully saturated rings. The highest BCUT2D eigenvalue weighted by Crippen LogP contribution is 2.35. The molecule has 1 saturated heterocycles. The van der Waals surface area contributed by atoms with Crippen LogP contribution in [0.5, 0.6) is 5.88 Å². The quantitative estimate of drug-likeness (QED) is 0.715. The Kier molecular flexibility index (Phi) is 3.53. The topological polar surface area (TPSA) is 118 Å². The third-order valence-corrected chi connectivity index (χ3v) is 3.05. The number of aromatic nitrogens is 2. The van der Waals surface area contributed by atoms with Crippen LogP contribution in [-0.2, 0) is 15.2 Å². The zero-order chi connectivity index (χ0) is 14.0. The average molecular weight is 267 g/mol. The smallest absolute Gasteiger partial charge is 0.354 e. The lowest BCUT2D eigenvalue weighted by Crippen LogP contribution is -2.48. The second-order valence-corrected chi connectivity index (χ2v) is 4.13. The molecular formula is C11H13N3O5. The first-order chi connectivity index (χ1) is 9.07. The largest absolute Gasteiger partial charge is 0.493 e. The molecule has 0 spiro atoms. The van der Waals surface area contributed by atoms with Gasteiger partial charge in [0, 0.05) is 25.8 Å². The summed E-state index contributed by atoms with van der Waals surface area (Å²) in [5.41, 5.74) is -2.53. The lowest BCUT2D eigenvalue weighted by Gasteiger charge is -2.28. The molecule has 2 rings (SSSR count). The summed E-state index contributed by atoms with van der Waals surface area (Å²) in [6.07, 6.45) is 0.150. The van der Waals surface area contributed by atoms with Crippen molar-refractivity contribution < 1.29 is 19.7 Å². The fourth-order valence-electron chi connectivity index (χ4n) is 2.16. The fraction of sp³-hybridized carbons (Fsp3) is 0.545. The highest BCUT2D eigenvalue weighted by molar-refractivity contribution is 5.12. The number of nitrogens with zero attached hydrogens (tertiary/aromatic N) is 3. The molecule has 19 heavy (non-hydrogen) atoms. The third-order valence-electron chi connectivity index (χ3n) is 3.05. The van der Waals surface area contributed by atoms with Crippen molar-refractivity contribution in [3.8, 4) is 11.9 Å². The average Bonchev–Trinajstić information content (AvgIpc) is 2.77. The number of hydrogen-bond acceptors (Lipinski definition) is 7. The summed E-state index contributed by atoms with van der Waals surface area (Å²) >= 11 is 0. The van der Waals surface area contributed by atoms with E-state index in [1.165, 1.54) is 19.4 Å². The van der Waals surface area contributed by atoms with Crippen LogP contribution in [0.3, 0.4) is 0 Å². The number of hydrogen-bond donors (Lipinski definition) is 2. The van der Waals surface area contributed by atoms with Crippen LogP contribution in [0.25, 0.3) is 0 Å². The third kappa shape index (κ3) is 2.08. The van der Waals surface area contributed by atoms with Gasteiger partial charge < -0.3 is 19.7 Å². The molecular weight excluding hydrogens is 254 g/mol. The van der Waals surface area contributed by atoms with Gasteiger partial charge >= 0.3 is 5.69 Å². The second-order valence-electron chi connectivity index (χ2n) is 4.13. The van der Waals surface area contributed by atoms with E-state index < -0.39 is 29.5 Å². The Balaban J connectivity index is 2.54. The van der Waals surface area contributed by atoms with Crippen molar-refractivity contribution in [2.24, 2.45) is 0 Å². The highest BCUT2D eigenvalue weighted by Gasteiger charge is 2.52. The lowest BCUT2D eigenvalue weighted by molar-refractivity contribution is -0.117. The summed E-state index contributed by atoms with van der Waals surface area (Å²) in [6.45, 7) is -0.288. The minimum Gasteiger partial charge on any atom is -0.493 e. The molecule has 1 aliphatic rings. The van der Waals surface area contributed by atoms with E-state index >= 15 is 0 Å². The number of aliphatic hydroxyl groups is 1. The van der Waals surface area contributed by atoms with Gasteiger partial charge in [0.2, 0.25) is 5.88 Å². The Morgan fingerprint density at radius 2 is 2.53 bits per heavy atom. The van der Waals surface area contributed by atoms with E-state index in [0.717, 1.165) is 4.57 Å². The molecule has 0 bridgehead atoms. The van der Waals surface area contributed by atoms with Crippen LogP contribution in [0, 0.1) is 11.3 Å². The van der Waals surface area contributed by atoms with Gasteiger partial charge in [0.25, 0.3) is 5.72 Å². The van der Waals surface area contributed by atoms with E-state index in [2.05, 4.69) is 4.98 Å². The second kappa shape index (κ2) is 4.97. The van der Waals surface area contributed by atoms with Gasteiger partial charge in [-0.3, -0.25) is 4.57 Å². The highest BCUT2D eigenvalue weighted by atomic mass is 16.6. The van der Waals surface area contributed by atoms with Crippen LogP contribution in [0.2, 0.25) is 0 Å². The zero-order valence-corrected chi connectivity index (χ0v) is 10.2. The number of ether oxygens (including phenoxy) is 2. The van der Waals surface area contributed by atoms with E-state index in [1.54, 1.807) is 0 Å². The maximum absolute atomic E-state index is 11.8. The Bertz CT molecular complexity index is 566. The summed E-state index contributed by atoms with van der Waals surface area (Å²) in [4.78, 5) is 15.1. The molecule has 0 saturated carbocycles. The van der Waals surface area contributed by atoms with Gasteiger partial charge in [0.05, 0.1) is 12.7 Å². The van der Waals surface area contributed by atoms with Gasteiger partial charge in [-0.15, -0.1) is 0 Å². The van der Waals surface area contributed by atoms with Crippen molar-refractivity contribution in [3.05, 3.63) is 22.7 Å². The molecule has 1 aromatic rings. The first-order valence-corrected chi connectivity index (χ1v) is 5.59. The molecule has 0 amide bonds. The molecule has 0 radical (unpaired) electrons. The summed E-state index contributed by atoms with van der Waals surface area (Å²) in [5, 5.41) is 27.7. The number of nitriles is 1. The first-order valence-electron chi connectivity index (χ1n) is 5.59. The predicted octanol–water partition coefficient (Wildman–Crippen LogP) is -1.08. The summed E-state index contributed by atoms with van der Waals surface area (Å²) in [6, 6.07) is 3.07. The minimum atomic E-state index is -1.69. The molecule has 102 valence electrons. The van der Waals surface area contributed by atoms with Crippen LogP contribution >= 0.6 is 0 Å². The van der Waals surface area contributed by atoms with E-state index in [-0.39, 0.29) is 13.0 Å². The lowest BCUT2D eigenvalue weighted by atomic mass is 10.1. The van der Waals surface area contributed by atoms with E-state index in [1.807, 2.05) is 6.07 Å². The maximum atomic E-state index is 11.8. The van der Waals surface area contributed by atoms with Crippen molar-refractivity contribution in [1.29, 1.82) is 5.26 Å². The minimum absolute atomic E-state index is 0.272. The molecule has 8 heteroatoms. The molecule has 1 aliphatic heterocycles. The summed E-state index contributed by atoms with van der Waals surface area (Å²) < 4.78 is 11.6. The van der Waals surface area contributed by atoms with Gasteiger partial charge in [-0.1, -0.05) is 0 Å². The van der Waals surface area contributed by atoms with Crippen molar-refractivity contribution in [2.75, 3.05) is 13.7 Å². The molecule has 0 aliphatic carbocycles. The molecule has 0 aromatic carbocycles. The summed E-state index contributed by atoms with van der Waals surface area (Å²) in [5.74, 6) is -0.444. The summed E-state index contributed by atoms with van der Waals surface area (Å²) in [7, 11) is 1.39. The monoisotopic (exact) mass is 267 g/mol. The van der Waals surface area contributed by atoms with Crippen molar-refractivity contribution in [1.82, 2.24) is 9.55 Å². The van der Waals surface area contributed by atoms with Crippen molar-refractivity contribution >= 4 is 0 Å². The fourth-order valence-corrected chi connectivity index (χ4v) is 2.16. The predicted molar refractivity (Wildman–Crippen MR) is 61.1 cm³/mol. The van der Waals surface area contributed by atoms with Crippen LogP contribution in [-0.4, -0.2) is 45.7 Å². The molecule has 1 aromatic heterocycles. The van der Waals surface area contributed by atoms with Crippen molar-refractivity contribution in [3.63, 3.8) is 0 Å². The van der Waals surface area contributed by atoms with Crippen LogP contribution in [0.4, 0.5) is 0 Å². The standard InChI is InChI=1S/C11H13N3O5/c1-18-8-4-7(5-15)19-11(8,6-12)14-3-2-9(16)13-10(14)17/h2-3,7-8,15H,4-5H2,1H3,(H,13,16,17)/t7?,8-,11-/m1/s1. The van der Waals surface area contributed by atoms with Gasteiger partial charge in [-0.2, -0.15) is 10.2 Å². The maximum Gasteiger partial charge on any atom is 0.354 e. The van der Waals surface area contributed by atoms with Gasteiger partial charge in [-0.25, -0.2) is 4.79 Å². The van der Waals surface area contributed by atoms with E-state index in [0.29, 0.717) is 0 Å². The Labute approximate surface area is 108 Å². The van der Waals surface area contributed by atoms with E-state index in [9.17, 15) is 10.1 Å². The first kappa shape index (κ1) is 13.5. The number of aromatic hydroxyl groups is 1. The zero-order valence-electron chi connectivity index (χ0n) is 10.2. The van der Waals surface area contributed by atoms with Crippen LogP contribution < -0.4 is 5.69 Å². The SMILES string of the molecule is CO[C@@H]1CC(CO)O[C@@]1(C#N)n1ccc(O)nc1=O. The Hall–Kier alpha value is -1.95. The van der Waals surface area contributed by atoms with Gasteiger partial charge in [-0.05, 0) is 0 Å². The molecule has 1 unspecified atom stereocenters. The normalized spacial score (nSPS) is 30.2. The molecule has 3 atom stereocenters. The number of aliphatic hydroxyl groups excluding tert-OH is 1. The molecule has 2 N–H and O–H groups in total. The Morgan fingerprint density at radius 3 is 3.05 bits per heavy atom. The van der Waals surface area contributed by atoms with Gasteiger partial charge in [0.15, 0.2) is 0 Å². The molecule has 2 heterocycles. The molecule has 8 nitrogen and oxygen atoms in total. The van der Waals surface area contributed by atoms with Crippen LogP contribution in [0.1, 0.15) is 6.42 Å². The Morgan fingerprint density at radius 1 is 1.79 bits per heavy atom. The number of methoxy groups -OCH3 is 1.